The molecule has 0 N–H and O–H groups in total. The zero-order valence-corrected chi connectivity index (χ0v) is 23.5. The summed E-state index contributed by atoms with van der Waals surface area (Å²) in [7, 11) is 0. The summed E-state index contributed by atoms with van der Waals surface area (Å²) in [4.78, 5) is 0. The Morgan fingerprint density at radius 1 is 0.564 bits per heavy atom. The third-order valence-corrected chi connectivity index (χ3v) is 9.13. The molecule has 0 amide bonds. The summed E-state index contributed by atoms with van der Waals surface area (Å²) < 4.78 is 3.54. The van der Waals surface area contributed by atoms with Crippen molar-refractivity contribution in [3.63, 3.8) is 0 Å². The summed E-state index contributed by atoms with van der Waals surface area (Å²) in [6, 6.07) is 44.7. The predicted octanol–water partition coefficient (Wildman–Crippen LogP) is 10.7. The molecule has 1 aliphatic carbocycles. The number of fused-ring (bicyclic) bond motifs is 8. The number of aromatic nitrogens is 1. The highest BCUT2D eigenvalue weighted by Gasteiger charge is 2.35. The van der Waals surface area contributed by atoms with Gasteiger partial charge in [0.2, 0.25) is 0 Å². The molecule has 7 aromatic rings. The van der Waals surface area contributed by atoms with Crippen LogP contribution in [-0.4, -0.2) is 4.57 Å². The van der Waals surface area contributed by atoms with Crippen LogP contribution < -0.4 is 0 Å². The maximum Gasteiger partial charge on any atom is 0.0547 e. The SMILES string of the molecule is CC1(C)c2cc(Br)ccc2-c2ccc(-c3ccc4c(c3)c3c5ccccc5ccc3n4-c3ccccc3)cc21. The Morgan fingerprint density at radius 3 is 2.08 bits per heavy atom. The van der Waals surface area contributed by atoms with Crippen molar-refractivity contribution >= 4 is 48.5 Å². The van der Waals surface area contributed by atoms with Crippen LogP contribution in [0, 0.1) is 0 Å². The van der Waals surface area contributed by atoms with E-state index in [4.69, 9.17) is 0 Å². The zero-order valence-electron chi connectivity index (χ0n) is 21.9. The van der Waals surface area contributed by atoms with Gasteiger partial charge in [-0.25, -0.2) is 0 Å². The summed E-state index contributed by atoms with van der Waals surface area (Å²) in [5.41, 5.74) is 11.6. The van der Waals surface area contributed by atoms with Gasteiger partial charge >= 0.3 is 0 Å². The van der Waals surface area contributed by atoms with Gasteiger partial charge in [-0.3, -0.25) is 0 Å². The molecule has 0 saturated carbocycles. The van der Waals surface area contributed by atoms with Crippen LogP contribution in [0.1, 0.15) is 25.0 Å². The minimum atomic E-state index is -0.0475. The largest absolute Gasteiger partial charge is 0.309 e. The van der Waals surface area contributed by atoms with Crippen LogP contribution in [0.25, 0.3) is 60.5 Å². The maximum atomic E-state index is 3.69. The lowest BCUT2D eigenvalue weighted by Crippen LogP contribution is -2.15. The molecule has 1 heterocycles. The van der Waals surface area contributed by atoms with E-state index in [1.54, 1.807) is 0 Å². The highest BCUT2D eigenvalue weighted by molar-refractivity contribution is 9.10. The Bertz CT molecular complexity index is 2100. The summed E-state index contributed by atoms with van der Waals surface area (Å²) >= 11 is 3.69. The first-order chi connectivity index (χ1) is 19.0. The summed E-state index contributed by atoms with van der Waals surface area (Å²) in [5, 5.41) is 5.16. The number of hydrogen-bond acceptors (Lipinski definition) is 0. The molecule has 0 spiro atoms. The molecule has 186 valence electrons. The Morgan fingerprint density at radius 2 is 1.23 bits per heavy atom. The lowest BCUT2D eigenvalue weighted by atomic mass is 9.81. The van der Waals surface area contributed by atoms with Gasteiger partial charge in [-0.1, -0.05) is 103 Å². The topological polar surface area (TPSA) is 4.93 Å². The van der Waals surface area contributed by atoms with Crippen LogP contribution in [0.4, 0.5) is 0 Å². The standard InChI is InChI=1S/C37H26BrN/c1-37(2)32-21-25(12-16-29(32)30-17-15-26(38)22-33(30)37)24-14-18-34-31(20-24)36-28-11-7-6-8-23(28)13-19-35(36)39(34)27-9-4-3-5-10-27/h3-22H,1-2H3. The second kappa shape index (κ2) is 8.18. The van der Waals surface area contributed by atoms with Crippen LogP contribution in [0.15, 0.2) is 126 Å². The highest BCUT2D eigenvalue weighted by atomic mass is 79.9. The van der Waals surface area contributed by atoms with Crippen LogP contribution in [-0.2, 0) is 5.41 Å². The van der Waals surface area contributed by atoms with E-state index in [2.05, 4.69) is 156 Å². The van der Waals surface area contributed by atoms with Crippen LogP contribution in [0.5, 0.6) is 0 Å². The fourth-order valence-corrected chi connectivity index (χ4v) is 7.08. The molecule has 0 atom stereocenters. The smallest absolute Gasteiger partial charge is 0.0547 e. The van der Waals surface area contributed by atoms with Gasteiger partial charge in [0, 0.05) is 26.3 Å². The molecular weight excluding hydrogens is 538 g/mol. The van der Waals surface area contributed by atoms with Gasteiger partial charge in [0.05, 0.1) is 11.0 Å². The normalized spacial score (nSPS) is 13.7. The van der Waals surface area contributed by atoms with E-state index in [0.717, 1.165) is 4.47 Å². The van der Waals surface area contributed by atoms with Crippen molar-refractivity contribution in [3.05, 3.63) is 137 Å². The molecule has 0 aliphatic heterocycles. The van der Waals surface area contributed by atoms with E-state index >= 15 is 0 Å². The first-order valence-corrected chi connectivity index (χ1v) is 14.3. The minimum absolute atomic E-state index is 0.0475. The quantitative estimate of drug-likeness (QED) is 0.197. The average Bonchev–Trinajstić information content (AvgIpc) is 3.42. The lowest BCUT2D eigenvalue weighted by Gasteiger charge is -2.22. The molecule has 1 aromatic heterocycles. The van der Waals surface area contributed by atoms with E-state index < -0.39 is 0 Å². The second-order valence-corrected chi connectivity index (χ2v) is 12.1. The van der Waals surface area contributed by atoms with E-state index in [1.165, 1.54) is 71.6 Å². The average molecular weight is 565 g/mol. The molecule has 1 aliphatic rings. The Kier molecular flexibility index (Phi) is 4.78. The van der Waals surface area contributed by atoms with Crippen LogP contribution >= 0.6 is 15.9 Å². The number of halogens is 1. The van der Waals surface area contributed by atoms with E-state index in [1.807, 2.05) is 0 Å². The molecule has 0 fully saturated rings. The third-order valence-electron chi connectivity index (χ3n) is 8.64. The fraction of sp³-hybridized carbons (Fsp3) is 0.0811. The molecule has 39 heavy (non-hydrogen) atoms. The monoisotopic (exact) mass is 563 g/mol. The molecule has 0 unspecified atom stereocenters. The van der Waals surface area contributed by atoms with E-state index in [9.17, 15) is 0 Å². The number of benzene rings is 6. The van der Waals surface area contributed by atoms with Crippen molar-refractivity contribution in [1.29, 1.82) is 0 Å². The van der Waals surface area contributed by atoms with Gasteiger partial charge in [-0.2, -0.15) is 0 Å². The molecule has 0 radical (unpaired) electrons. The Labute approximate surface area is 236 Å². The number of nitrogens with zero attached hydrogens (tertiary/aromatic N) is 1. The predicted molar refractivity (Wildman–Crippen MR) is 169 cm³/mol. The van der Waals surface area contributed by atoms with Crippen molar-refractivity contribution in [2.45, 2.75) is 19.3 Å². The van der Waals surface area contributed by atoms with Gasteiger partial charge in [0.1, 0.15) is 0 Å². The maximum absolute atomic E-state index is 3.69. The molecule has 1 nitrogen and oxygen atoms in total. The van der Waals surface area contributed by atoms with Gasteiger partial charge in [-0.05, 0) is 92.7 Å². The molecule has 0 saturated heterocycles. The van der Waals surface area contributed by atoms with E-state index in [0.29, 0.717) is 0 Å². The Balaban J connectivity index is 1.39. The highest BCUT2D eigenvalue weighted by Crippen LogP contribution is 2.50. The summed E-state index contributed by atoms with van der Waals surface area (Å²) in [5.74, 6) is 0. The van der Waals surface area contributed by atoms with Crippen molar-refractivity contribution in [2.24, 2.45) is 0 Å². The third kappa shape index (κ3) is 3.25. The van der Waals surface area contributed by atoms with Gasteiger partial charge in [0.25, 0.3) is 0 Å². The molecule has 0 bridgehead atoms. The van der Waals surface area contributed by atoms with Crippen molar-refractivity contribution in [2.75, 3.05) is 0 Å². The fourth-order valence-electron chi connectivity index (χ4n) is 6.71. The summed E-state index contributed by atoms with van der Waals surface area (Å²) in [6.07, 6.45) is 0. The van der Waals surface area contributed by atoms with Gasteiger partial charge in [-0.15, -0.1) is 0 Å². The van der Waals surface area contributed by atoms with Gasteiger partial charge < -0.3 is 4.57 Å². The molecular formula is C37H26BrN. The van der Waals surface area contributed by atoms with Crippen LogP contribution in [0.2, 0.25) is 0 Å². The zero-order chi connectivity index (χ0) is 26.3. The van der Waals surface area contributed by atoms with E-state index in [-0.39, 0.29) is 5.41 Å². The number of hydrogen-bond donors (Lipinski definition) is 0. The van der Waals surface area contributed by atoms with Gasteiger partial charge in [0.15, 0.2) is 0 Å². The lowest BCUT2D eigenvalue weighted by molar-refractivity contribution is 0.660. The molecule has 8 rings (SSSR count). The van der Waals surface area contributed by atoms with Crippen molar-refractivity contribution < 1.29 is 0 Å². The first kappa shape index (κ1) is 22.8. The molecule has 6 aromatic carbocycles. The second-order valence-electron chi connectivity index (χ2n) is 11.2. The van der Waals surface area contributed by atoms with Crippen LogP contribution in [0.3, 0.4) is 0 Å². The Hall–Kier alpha value is -4.14. The number of rotatable bonds is 2. The van der Waals surface area contributed by atoms with Crippen molar-refractivity contribution in [3.8, 4) is 27.9 Å². The first-order valence-electron chi connectivity index (χ1n) is 13.5. The molecule has 2 heteroatoms. The summed E-state index contributed by atoms with van der Waals surface area (Å²) in [6.45, 7) is 4.69. The minimum Gasteiger partial charge on any atom is -0.309 e. The number of para-hydroxylation sites is 1. The van der Waals surface area contributed by atoms with Crippen molar-refractivity contribution in [1.82, 2.24) is 4.57 Å².